The van der Waals surface area contributed by atoms with Crippen LogP contribution in [0.15, 0.2) is 36.5 Å². The Kier molecular flexibility index (Phi) is 15.3. The highest BCUT2D eigenvalue weighted by Gasteiger charge is 2.02. The van der Waals surface area contributed by atoms with Gasteiger partial charge in [0.15, 0.2) is 0 Å². The van der Waals surface area contributed by atoms with Gasteiger partial charge in [-0.1, -0.05) is 77.0 Å². The van der Waals surface area contributed by atoms with Crippen molar-refractivity contribution in [2.24, 2.45) is 17.8 Å². The normalized spacial score (nSPS) is 14.9. The minimum Gasteiger partial charge on any atom is -0.481 e. The smallest absolute Gasteiger partial charge is 0.303 e. The van der Waals surface area contributed by atoms with Crippen LogP contribution in [0.25, 0.3) is 0 Å². The van der Waals surface area contributed by atoms with E-state index < -0.39 is 5.97 Å². The van der Waals surface area contributed by atoms with E-state index in [0.29, 0.717) is 11.8 Å². The summed E-state index contributed by atoms with van der Waals surface area (Å²) < 4.78 is 0. The van der Waals surface area contributed by atoms with Crippen molar-refractivity contribution in [2.75, 3.05) is 0 Å². The number of allylic oxidation sites excluding steroid dienone is 6. The first-order chi connectivity index (χ1) is 11.9. The summed E-state index contributed by atoms with van der Waals surface area (Å²) in [5.74, 6) is 1.42. The standard InChI is InChI=1S/C23H40O2/c1-20(2)14-12-16-22(4)18-13-17-21(3)15-10-8-6-5-7-9-11-19-23(24)25/h5,7,10,12,14-15,20-22H,6,8-9,11,13,16-19H2,1-4H3,(H,24,25). The summed E-state index contributed by atoms with van der Waals surface area (Å²) in [6.07, 6.45) is 22.7. The molecule has 0 aliphatic rings. The molecule has 1 N–H and O–H groups in total. The molecule has 2 heteroatoms. The summed E-state index contributed by atoms with van der Waals surface area (Å²) in [5, 5.41) is 8.55. The van der Waals surface area contributed by atoms with Crippen LogP contribution in [0.5, 0.6) is 0 Å². The molecule has 0 rings (SSSR count). The summed E-state index contributed by atoms with van der Waals surface area (Å²) >= 11 is 0. The molecule has 25 heavy (non-hydrogen) atoms. The predicted molar refractivity (Wildman–Crippen MR) is 110 cm³/mol. The van der Waals surface area contributed by atoms with E-state index in [-0.39, 0.29) is 6.42 Å². The first-order valence-electron chi connectivity index (χ1n) is 10.1. The van der Waals surface area contributed by atoms with Gasteiger partial charge in [-0.25, -0.2) is 0 Å². The lowest BCUT2D eigenvalue weighted by atomic mass is 9.95. The second-order valence-electron chi connectivity index (χ2n) is 7.68. The summed E-state index contributed by atoms with van der Waals surface area (Å²) in [4.78, 5) is 10.4. The summed E-state index contributed by atoms with van der Waals surface area (Å²) in [5.41, 5.74) is 0. The van der Waals surface area contributed by atoms with Crippen LogP contribution in [0.1, 0.15) is 85.5 Å². The summed E-state index contributed by atoms with van der Waals surface area (Å²) in [6, 6.07) is 0. The topological polar surface area (TPSA) is 37.3 Å². The van der Waals surface area contributed by atoms with E-state index in [9.17, 15) is 4.79 Å². The van der Waals surface area contributed by atoms with Crippen molar-refractivity contribution in [1.82, 2.24) is 0 Å². The third-order valence-corrected chi connectivity index (χ3v) is 4.31. The van der Waals surface area contributed by atoms with Crippen molar-refractivity contribution >= 4 is 5.97 Å². The van der Waals surface area contributed by atoms with Crippen molar-refractivity contribution in [3.63, 3.8) is 0 Å². The van der Waals surface area contributed by atoms with Gasteiger partial charge in [0.1, 0.15) is 0 Å². The number of unbranched alkanes of at least 4 members (excludes halogenated alkanes) is 2. The van der Waals surface area contributed by atoms with Gasteiger partial charge in [-0.05, 0) is 56.3 Å². The Labute approximate surface area is 156 Å². The van der Waals surface area contributed by atoms with E-state index in [1.165, 1.54) is 25.7 Å². The fourth-order valence-electron chi connectivity index (χ4n) is 2.71. The van der Waals surface area contributed by atoms with Gasteiger partial charge in [0.05, 0.1) is 0 Å². The zero-order valence-electron chi connectivity index (χ0n) is 16.9. The molecule has 0 saturated carbocycles. The lowest BCUT2D eigenvalue weighted by Crippen LogP contribution is -1.96. The highest BCUT2D eigenvalue weighted by Crippen LogP contribution is 2.17. The molecule has 144 valence electrons. The van der Waals surface area contributed by atoms with Crippen molar-refractivity contribution in [3.05, 3.63) is 36.5 Å². The number of carbonyl (C=O) groups is 1. The van der Waals surface area contributed by atoms with Gasteiger partial charge >= 0.3 is 5.97 Å². The largest absolute Gasteiger partial charge is 0.481 e. The van der Waals surface area contributed by atoms with Gasteiger partial charge in [-0.3, -0.25) is 4.79 Å². The molecule has 0 spiro atoms. The maximum absolute atomic E-state index is 10.4. The van der Waals surface area contributed by atoms with Crippen molar-refractivity contribution in [3.8, 4) is 0 Å². The Morgan fingerprint density at radius 3 is 2.20 bits per heavy atom. The van der Waals surface area contributed by atoms with Crippen LogP contribution in [-0.4, -0.2) is 11.1 Å². The summed E-state index contributed by atoms with van der Waals surface area (Å²) in [7, 11) is 0. The van der Waals surface area contributed by atoms with Crippen LogP contribution in [0.2, 0.25) is 0 Å². The lowest BCUT2D eigenvalue weighted by Gasteiger charge is -2.10. The molecular weight excluding hydrogens is 308 g/mol. The van der Waals surface area contributed by atoms with Crippen molar-refractivity contribution < 1.29 is 9.90 Å². The number of aliphatic carboxylic acids is 1. The van der Waals surface area contributed by atoms with E-state index in [0.717, 1.165) is 31.6 Å². The van der Waals surface area contributed by atoms with Crippen LogP contribution >= 0.6 is 0 Å². The number of hydrogen-bond acceptors (Lipinski definition) is 1. The Morgan fingerprint density at radius 1 is 0.840 bits per heavy atom. The fourth-order valence-corrected chi connectivity index (χ4v) is 2.71. The first kappa shape index (κ1) is 23.7. The van der Waals surface area contributed by atoms with Gasteiger partial charge in [0, 0.05) is 6.42 Å². The lowest BCUT2D eigenvalue weighted by molar-refractivity contribution is -0.137. The minimum absolute atomic E-state index is 0.272. The number of rotatable bonds is 15. The molecule has 0 aromatic carbocycles. The number of hydrogen-bond donors (Lipinski definition) is 1. The molecule has 0 amide bonds. The molecule has 0 saturated heterocycles. The van der Waals surface area contributed by atoms with Crippen LogP contribution in [0.3, 0.4) is 0 Å². The Balaban J connectivity index is 3.61. The molecule has 2 atom stereocenters. The van der Waals surface area contributed by atoms with E-state index in [1.807, 2.05) is 0 Å². The van der Waals surface area contributed by atoms with Crippen molar-refractivity contribution in [1.29, 1.82) is 0 Å². The SMILES string of the molecule is CC(C)C=CCC(C)CCCC(C)C=CCCC=CCCCC(=O)O. The zero-order valence-corrected chi connectivity index (χ0v) is 16.9. The van der Waals surface area contributed by atoms with E-state index in [2.05, 4.69) is 64.2 Å². The molecule has 0 bridgehead atoms. The Bertz CT molecular complexity index is 404. The number of carboxylic acids is 1. The molecule has 2 unspecified atom stereocenters. The molecule has 0 aromatic heterocycles. The quantitative estimate of drug-likeness (QED) is 0.251. The molecule has 0 aliphatic heterocycles. The van der Waals surface area contributed by atoms with E-state index in [4.69, 9.17) is 5.11 Å². The first-order valence-corrected chi connectivity index (χ1v) is 10.1. The summed E-state index contributed by atoms with van der Waals surface area (Å²) in [6.45, 7) is 9.12. The molecule has 0 radical (unpaired) electrons. The average molecular weight is 349 g/mol. The second kappa shape index (κ2) is 16.2. The molecular formula is C23H40O2. The maximum Gasteiger partial charge on any atom is 0.303 e. The third kappa shape index (κ3) is 18.9. The van der Waals surface area contributed by atoms with Crippen LogP contribution in [-0.2, 0) is 4.79 Å². The minimum atomic E-state index is -0.702. The fraction of sp³-hybridized carbons (Fsp3) is 0.696. The van der Waals surface area contributed by atoms with Crippen LogP contribution < -0.4 is 0 Å². The molecule has 0 aliphatic carbocycles. The van der Waals surface area contributed by atoms with Crippen LogP contribution in [0.4, 0.5) is 0 Å². The van der Waals surface area contributed by atoms with Gasteiger partial charge in [-0.2, -0.15) is 0 Å². The number of carboxylic acid groups (broad SMARTS) is 1. The van der Waals surface area contributed by atoms with E-state index in [1.54, 1.807) is 0 Å². The Morgan fingerprint density at radius 2 is 1.52 bits per heavy atom. The highest BCUT2D eigenvalue weighted by molar-refractivity contribution is 5.66. The molecule has 2 nitrogen and oxygen atoms in total. The molecule has 0 heterocycles. The average Bonchev–Trinajstić information content (AvgIpc) is 2.52. The van der Waals surface area contributed by atoms with Gasteiger partial charge in [0.25, 0.3) is 0 Å². The van der Waals surface area contributed by atoms with Gasteiger partial charge in [-0.15, -0.1) is 0 Å². The third-order valence-electron chi connectivity index (χ3n) is 4.31. The van der Waals surface area contributed by atoms with Gasteiger partial charge in [0.2, 0.25) is 0 Å². The highest BCUT2D eigenvalue weighted by atomic mass is 16.4. The molecule has 0 aromatic rings. The zero-order chi connectivity index (χ0) is 18.9. The van der Waals surface area contributed by atoms with Crippen molar-refractivity contribution in [2.45, 2.75) is 85.5 Å². The second-order valence-corrected chi connectivity index (χ2v) is 7.68. The maximum atomic E-state index is 10.4. The van der Waals surface area contributed by atoms with E-state index >= 15 is 0 Å². The van der Waals surface area contributed by atoms with Gasteiger partial charge < -0.3 is 5.11 Å². The monoisotopic (exact) mass is 348 g/mol. The molecule has 0 fully saturated rings. The predicted octanol–water partition coefficient (Wildman–Crippen LogP) is 7.18. The van der Waals surface area contributed by atoms with Crippen LogP contribution in [0, 0.1) is 17.8 Å². The Hall–Kier alpha value is -1.31.